The van der Waals surface area contributed by atoms with Crippen molar-refractivity contribution in [3.63, 3.8) is 0 Å². The molecule has 0 bridgehead atoms. The minimum Gasteiger partial charge on any atom is -0.479 e. The Balaban J connectivity index is 0. The molecule has 0 saturated heterocycles. The van der Waals surface area contributed by atoms with Crippen LogP contribution in [0.4, 0.5) is 0 Å². The first-order chi connectivity index (χ1) is 7.64. The van der Waals surface area contributed by atoms with Crippen LogP contribution in [0, 0.1) is 0 Å². The van der Waals surface area contributed by atoms with Crippen LogP contribution in [0.2, 0.25) is 0 Å². The SMILES string of the molecule is CC(C)=O.O=C(O)[C@H](O)[C@H](O)[C@@H](O)[C@H](O)CO. The maximum absolute atomic E-state index is 10.1. The summed E-state index contributed by atoms with van der Waals surface area (Å²) in [6.45, 7) is 2.21. The summed E-state index contributed by atoms with van der Waals surface area (Å²) < 4.78 is 0. The quantitative estimate of drug-likeness (QED) is 0.305. The van der Waals surface area contributed by atoms with Gasteiger partial charge in [0.1, 0.15) is 24.1 Å². The van der Waals surface area contributed by atoms with Crippen molar-refractivity contribution in [1.82, 2.24) is 0 Å². The Morgan fingerprint density at radius 3 is 1.59 bits per heavy atom. The van der Waals surface area contributed by atoms with Gasteiger partial charge in [0.25, 0.3) is 0 Å². The lowest BCUT2D eigenvalue weighted by Gasteiger charge is -2.23. The highest BCUT2D eigenvalue weighted by Gasteiger charge is 2.33. The second-order valence-corrected chi connectivity index (χ2v) is 3.42. The molecule has 6 N–H and O–H groups in total. The zero-order valence-corrected chi connectivity index (χ0v) is 9.52. The van der Waals surface area contributed by atoms with Crippen molar-refractivity contribution < 1.29 is 40.2 Å². The molecule has 0 aliphatic heterocycles. The lowest BCUT2D eigenvalue weighted by Crippen LogP contribution is -2.48. The van der Waals surface area contributed by atoms with Gasteiger partial charge in [0, 0.05) is 0 Å². The van der Waals surface area contributed by atoms with E-state index in [0.717, 1.165) is 0 Å². The van der Waals surface area contributed by atoms with E-state index in [4.69, 9.17) is 30.6 Å². The minimum absolute atomic E-state index is 0.167. The highest BCUT2D eigenvalue weighted by Crippen LogP contribution is 2.04. The molecule has 17 heavy (non-hydrogen) atoms. The number of Topliss-reactive ketones (excluding diaryl/α,β-unsaturated/α-hetero) is 1. The number of hydrogen-bond donors (Lipinski definition) is 6. The van der Waals surface area contributed by atoms with E-state index < -0.39 is 37.0 Å². The van der Waals surface area contributed by atoms with Crippen molar-refractivity contribution in [2.45, 2.75) is 38.3 Å². The Morgan fingerprint density at radius 2 is 1.35 bits per heavy atom. The number of carboxylic acids is 1. The second kappa shape index (κ2) is 9.02. The average molecular weight is 254 g/mol. The largest absolute Gasteiger partial charge is 0.479 e. The summed E-state index contributed by atoms with van der Waals surface area (Å²) in [6.07, 6.45) is -7.84. The van der Waals surface area contributed by atoms with Gasteiger partial charge in [-0.2, -0.15) is 0 Å². The molecule has 4 atom stereocenters. The van der Waals surface area contributed by atoms with E-state index in [0.29, 0.717) is 0 Å². The monoisotopic (exact) mass is 254 g/mol. The lowest BCUT2D eigenvalue weighted by molar-refractivity contribution is -0.164. The maximum Gasteiger partial charge on any atom is 0.335 e. The Kier molecular flexibility index (Phi) is 9.72. The summed E-state index contributed by atoms with van der Waals surface area (Å²) in [5.41, 5.74) is 0. The number of aliphatic hydroxyl groups excluding tert-OH is 5. The molecule has 0 fully saturated rings. The van der Waals surface area contributed by atoms with Crippen molar-refractivity contribution in [2.24, 2.45) is 0 Å². The third-order valence-corrected chi connectivity index (χ3v) is 1.51. The Hall–Kier alpha value is -1.06. The Labute approximate surface area is 97.8 Å². The molecule has 0 heterocycles. The Bertz CT molecular complexity index is 237. The van der Waals surface area contributed by atoms with E-state index in [1.807, 2.05) is 0 Å². The van der Waals surface area contributed by atoms with E-state index in [9.17, 15) is 9.59 Å². The molecule has 102 valence electrons. The average Bonchev–Trinajstić information content (AvgIpc) is 2.23. The highest BCUT2D eigenvalue weighted by molar-refractivity contribution is 5.72. The van der Waals surface area contributed by atoms with E-state index in [-0.39, 0.29) is 5.78 Å². The molecule has 0 aliphatic rings. The number of hydrogen-bond acceptors (Lipinski definition) is 7. The third kappa shape index (κ3) is 8.72. The standard InChI is InChI=1S/C6H12O7.C3H6O/c7-1-2(8)3(9)4(10)5(11)6(12)13;1-3(2)4/h2-5,7-11H,1H2,(H,12,13);1-2H3/t2-,3+,4-,5-;/m1./s1. The van der Waals surface area contributed by atoms with Crippen LogP contribution in [0.5, 0.6) is 0 Å². The number of carbonyl (C=O) groups excluding carboxylic acids is 1. The molecule has 8 heteroatoms. The highest BCUT2D eigenvalue weighted by atomic mass is 16.4. The molecule has 0 aliphatic carbocycles. The second-order valence-electron chi connectivity index (χ2n) is 3.42. The fraction of sp³-hybridized carbons (Fsp3) is 0.778. The van der Waals surface area contributed by atoms with Crippen molar-refractivity contribution in [3.05, 3.63) is 0 Å². The van der Waals surface area contributed by atoms with Crippen molar-refractivity contribution in [1.29, 1.82) is 0 Å². The molecule has 0 rings (SSSR count). The van der Waals surface area contributed by atoms with Crippen LogP contribution >= 0.6 is 0 Å². The summed E-state index contributed by atoms with van der Waals surface area (Å²) in [4.78, 5) is 19.5. The third-order valence-electron chi connectivity index (χ3n) is 1.51. The van der Waals surface area contributed by atoms with Gasteiger partial charge >= 0.3 is 5.97 Å². The molecule has 0 radical (unpaired) electrons. The topological polar surface area (TPSA) is 156 Å². The van der Waals surface area contributed by atoms with Gasteiger partial charge in [0.05, 0.1) is 6.61 Å². The normalized spacial score (nSPS) is 17.1. The van der Waals surface area contributed by atoms with Gasteiger partial charge in [-0.25, -0.2) is 4.79 Å². The van der Waals surface area contributed by atoms with Gasteiger partial charge in [-0.3, -0.25) is 0 Å². The molecule has 0 aromatic carbocycles. The number of aliphatic carboxylic acids is 1. The Morgan fingerprint density at radius 1 is 1.00 bits per heavy atom. The summed E-state index contributed by atoms with van der Waals surface area (Å²) in [7, 11) is 0. The molecular weight excluding hydrogens is 236 g/mol. The molecule has 0 unspecified atom stereocenters. The van der Waals surface area contributed by atoms with Crippen molar-refractivity contribution in [3.8, 4) is 0 Å². The van der Waals surface area contributed by atoms with Crippen LogP contribution in [0.3, 0.4) is 0 Å². The molecule has 8 nitrogen and oxygen atoms in total. The first kappa shape index (κ1) is 18.3. The fourth-order valence-corrected chi connectivity index (χ4v) is 0.668. The van der Waals surface area contributed by atoms with Crippen LogP contribution in [-0.4, -0.2) is 73.4 Å². The minimum atomic E-state index is -2.20. The number of carbonyl (C=O) groups is 2. The number of ketones is 1. The van der Waals surface area contributed by atoms with Crippen LogP contribution in [0.15, 0.2) is 0 Å². The van der Waals surface area contributed by atoms with Gasteiger partial charge in [-0.15, -0.1) is 0 Å². The van der Waals surface area contributed by atoms with Gasteiger partial charge in [0.15, 0.2) is 6.10 Å². The fourth-order valence-electron chi connectivity index (χ4n) is 0.668. The molecule has 0 aromatic heterocycles. The van der Waals surface area contributed by atoms with E-state index in [2.05, 4.69) is 0 Å². The number of rotatable bonds is 5. The van der Waals surface area contributed by atoms with Crippen LogP contribution in [-0.2, 0) is 9.59 Å². The molecule has 0 amide bonds. The number of aliphatic hydroxyl groups is 5. The molecule has 0 aromatic rings. The predicted molar refractivity (Wildman–Crippen MR) is 55.1 cm³/mol. The zero-order valence-electron chi connectivity index (χ0n) is 9.52. The summed E-state index contributed by atoms with van der Waals surface area (Å²) in [6, 6.07) is 0. The summed E-state index contributed by atoms with van der Waals surface area (Å²) in [5, 5.41) is 51.8. The van der Waals surface area contributed by atoms with Crippen molar-refractivity contribution >= 4 is 11.8 Å². The first-order valence-electron chi connectivity index (χ1n) is 4.68. The predicted octanol–water partition coefficient (Wildman–Crippen LogP) is -2.90. The van der Waals surface area contributed by atoms with Gasteiger partial charge in [-0.05, 0) is 13.8 Å². The number of carboxylic acid groups (broad SMARTS) is 1. The zero-order chi connectivity index (χ0) is 14.2. The molecule has 0 saturated carbocycles. The van der Waals surface area contributed by atoms with E-state index >= 15 is 0 Å². The van der Waals surface area contributed by atoms with Crippen LogP contribution < -0.4 is 0 Å². The van der Waals surface area contributed by atoms with Gasteiger partial charge < -0.3 is 35.4 Å². The van der Waals surface area contributed by atoms with Crippen molar-refractivity contribution in [2.75, 3.05) is 6.61 Å². The first-order valence-corrected chi connectivity index (χ1v) is 4.68. The smallest absolute Gasteiger partial charge is 0.335 e. The van der Waals surface area contributed by atoms with Gasteiger partial charge in [0.2, 0.25) is 0 Å². The molecular formula is C9H18O8. The summed E-state index contributed by atoms with van der Waals surface area (Å²) >= 11 is 0. The molecule has 0 spiro atoms. The van der Waals surface area contributed by atoms with E-state index in [1.165, 1.54) is 13.8 Å². The summed E-state index contributed by atoms with van der Waals surface area (Å²) in [5.74, 6) is -1.56. The maximum atomic E-state index is 10.1. The van der Waals surface area contributed by atoms with Crippen LogP contribution in [0.1, 0.15) is 13.8 Å². The van der Waals surface area contributed by atoms with Crippen LogP contribution in [0.25, 0.3) is 0 Å². The van der Waals surface area contributed by atoms with E-state index in [1.54, 1.807) is 0 Å². The van der Waals surface area contributed by atoms with Gasteiger partial charge in [-0.1, -0.05) is 0 Å². The lowest BCUT2D eigenvalue weighted by atomic mass is 10.0.